The summed E-state index contributed by atoms with van der Waals surface area (Å²) in [6, 6.07) is -0.241. The molecule has 0 spiro atoms. The molecular weight excluding hydrogens is 245 g/mol. The number of hydrogen-bond acceptors (Lipinski definition) is 2. The van der Waals surface area contributed by atoms with Gasteiger partial charge in [-0.2, -0.15) is 13.2 Å². The highest BCUT2D eigenvalue weighted by atomic mass is 19.4. The van der Waals surface area contributed by atoms with Crippen molar-refractivity contribution in [3.05, 3.63) is 0 Å². The van der Waals surface area contributed by atoms with Crippen LogP contribution in [0.15, 0.2) is 0 Å². The quantitative estimate of drug-likeness (QED) is 0.768. The van der Waals surface area contributed by atoms with Gasteiger partial charge < -0.3 is 10.6 Å². The summed E-state index contributed by atoms with van der Waals surface area (Å²) in [6.45, 7) is 0.374. The lowest BCUT2D eigenvalue weighted by atomic mass is 10.1. The van der Waals surface area contributed by atoms with Gasteiger partial charge in [0, 0.05) is 6.04 Å². The van der Waals surface area contributed by atoms with Gasteiger partial charge in [0.25, 0.3) is 0 Å². The number of halogens is 3. The zero-order valence-corrected chi connectivity index (χ0v) is 10.4. The number of carbonyl (C=O) groups is 1. The van der Waals surface area contributed by atoms with E-state index in [0.717, 1.165) is 0 Å². The Hall–Kier alpha value is -0.780. The lowest BCUT2D eigenvalue weighted by Gasteiger charge is -2.22. The number of hydrogen-bond donors (Lipinski definition) is 2. The molecule has 2 fully saturated rings. The minimum Gasteiger partial charge on any atom is -0.346 e. The molecule has 0 radical (unpaired) electrons. The van der Waals surface area contributed by atoms with Crippen LogP contribution in [0.5, 0.6) is 0 Å². The van der Waals surface area contributed by atoms with Crippen LogP contribution in [0.1, 0.15) is 32.6 Å². The van der Waals surface area contributed by atoms with E-state index in [-0.39, 0.29) is 0 Å². The molecule has 2 aliphatic carbocycles. The zero-order valence-electron chi connectivity index (χ0n) is 10.4. The van der Waals surface area contributed by atoms with Gasteiger partial charge in [-0.15, -0.1) is 0 Å². The van der Waals surface area contributed by atoms with Gasteiger partial charge in [-0.3, -0.25) is 4.79 Å². The Morgan fingerprint density at radius 1 is 1.22 bits per heavy atom. The van der Waals surface area contributed by atoms with E-state index in [1.165, 1.54) is 25.7 Å². The van der Waals surface area contributed by atoms with Gasteiger partial charge in [0.2, 0.25) is 5.91 Å². The molecular formula is C12H19F3N2O. The molecule has 1 amide bonds. The fourth-order valence-corrected chi connectivity index (χ4v) is 2.27. The van der Waals surface area contributed by atoms with E-state index in [1.807, 2.05) is 5.32 Å². The van der Waals surface area contributed by atoms with Crippen LogP contribution in [0.4, 0.5) is 13.2 Å². The van der Waals surface area contributed by atoms with Gasteiger partial charge in [-0.1, -0.05) is 0 Å². The maximum absolute atomic E-state index is 12.0. The fourth-order valence-electron chi connectivity index (χ4n) is 2.27. The van der Waals surface area contributed by atoms with Crippen molar-refractivity contribution in [1.29, 1.82) is 0 Å². The van der Waals surface area contributed by atoms with Crippen LogP contribution in [0.25, 0.3) is 0 Å². The minimum atomic E-state index is -4.35. The number of rotatable bonds is 6. The molecule has 0 aromatic heterocycles. The summed E-state index contributed by atoms with van der Waals surface area (Å²) in [5.74, 6) is 0.671. The number of carbonyl (C=O) groups excluding carboxylic acids is 1. The van der Waals surface area contributed by atoms with E-state index in [1.54, 1.807) is 6.92 Å². The second-order valence-corrected chi connectivity index (χ2v) is 5.42. The van der Waals surface area contributed by atoms with E-state index in [9.17, 15) is 18.0 Å². The molecule has 0 aromatic carbocycles. The van der Waals surface area contributed by atoms with Gasteiger partial charge in [0.1, 0.15) is 6.54 Å². The SMILES string of the molecule is CC(NC(C1CC1)C1CC1)C(=O)NCC(F)(F)F. The van der Waals surface area contributed by atoms with Gasteiger partial charge in [0.15, 0.2) is 0 Å². The van der Waals surface area contributed by atoms with Crippen LogP contribution in [-0.2, 0) is 4.79 Å². The first-order valence-electron chi connectivity index (χ1n) is 6.47. The maximum Gasteiger partial charge on any atom is 0.405 e. The molecule has 1 unspecified atom stereocenters. The van der Waals surface area contributed by atoms with Gasteiger partial charge in [-0.25, -0.2) is 0 Å². The van der Waals surface area contributed by atoms with E-state index < -0.39 is 24.7 Å². The monoisotopic (exact) mass is 264 g/mol. The normalized spacial score (nSPS) is 22.1. The molecule has 3 nitrogen and oxygen atoms in total. The average Bonchev–Trinajstić information content (AvgIpc) is 3.14. The Labute approximate surface area is 104 Å². The predicted octanol–water partition coefficient (Wildman–Crippen LogP) is 1.83. The Bertz CT molecular complexity index is 299. The molecule has 0 saturated heterocycles. The molecule has 0 bridgehead atoms. The van der Waals surface area contributed by atoms with Crippen LogP contribution in [0, 0.1) is 11.8 Å². The topological polar surface area (TPSA) is 41.1 Å². The summed E-state index contributed by atoms with van der Waals surface area (Å²) in [4.78, 5) is 11.5. The largest absolute Gasteiger partial charge is 0.405 e. The third kappa shape index (κ3) is 4.15. The summed E-state index contributed by atoms with van der Waals surface area (Å²) in [7, 11) is 0. The van der Waals surface area contributed by atoms with Crippen molar-refractivity contribution in [2.75, 3.05) is 6.54 Å². The van der Waals surface area contributed by atoms with Crippen molar-refractivity contribution in [2.24, 2.45) is 11.8 Å². The summed E-state index contributed by atoms with van der Waals surface area (Å²) in [5, 5.41) is 5.12. The van der Waals surface area contributed by atoms with Crippen molar-refractivity contribution in [2.45, 2.75) is 50.9 Å². The van der Waals surface area contributed by atoms with Crippen molar-refractivity contribution >= 4 is 5.91 Å². The van der Waals surface area contributed by atoms with Gasteiger partial charge in [0.05, 0.1) is 6.04 Å². The molecule has 2 N–H and O–H groups in total. The third-order valence-electron chi connectivity index (χ3n) is 3.56. The summed E-state index contributed by atoms with van der Waals surface area (Å²) >= 11 is 0. The lowest BCUT2D eigenvalue weighted by molar-refractivity contribution is -0.139. The van der Waals surface area contributed by atoms with E-state index in [2.05, 4.69) is 5.32 Å². The maximum atomic E-state index is 12.0. The van der Waals surface area contributed by atoms with Crippen LogP contribution in [0.2, 0.25) is 0 Å². The first-order chi connectivity index (χ1) is 8.37. The Morgan fingerprint density at radius 2 is 1.72 bits per heavy atom. The van der Waals surface area contributed by atoms with Gasteiger partial charge >= 0.3 is 6.18 Å². The van der Waals surface area contributed by atoms with Gasteiger partial charge in [-0.05, 0) is 44.4 Å². The molecule has 0 aliphatic heterocycles. The molecule has 2 rings (SSSR count). The van der Waals surface area contributed by atoms with Crippen LogP contribution in [-0.4, -0.2) is 30.7 Å². The van der Waals surface area contributed by atoms with Crippen LogP contribution < -0.4 is 10.6 Å². The number of nitrogens with one attached hydrogen (secondary N) is 2. The van der Waals surface area contributed by atoms with E-state index in [0.29, 0.717) is 17.9 Å². The predicted molar refractivity (Wildman–Crippen MR) is 60.9 cm³/mol. The van der Waals surface area contributed by atoms with Crippen LogP contribution >= 0.6 is 0 Å². The summed E-state index contributed by atoms with van der Waals surface area (Å²) in [6.07, 6.45) is 0.341. The molecule has 1 atom stereocenters. The number of alkyl halides is 3. The van der Waals surface area contributed by atoms with Crippen molar-refractivity contribution in [3.63, 3.8) is 0 Å². The number of amides is 1. The van der Waals surface area contributed by atoms with Crippen molar-refractivity contribution in [3.8, 4) is 0 Å². The summed E-state index contributed by atoms with van der Waals surface area (Å²) < 4.78 is 35.9. The van der Waals surface area contributed by atoms with E-state index in [4.69, 9.17) is 0 Å². The third-order valence-corrected chi connectivity index (χ3v) is 3.56. The molecule has 2 saturated carbocycles. The Kier molecular flexibility index (Phi) is 3.84. The highest BCUT2D eigenvalue weighted by Gasteiger charge is 2.42. The molecule has 104 valence electrons. The second kappa shape index (κ2) is 5.07. The smallest absolute Gasteiger partial charge is 0.346 e. The second-order valence-electron chi connectivity index (χ2n) is 5.42. The molecule has 6 heteroatoms. The zero-order chi connectivity index (χ0) is 13.3. The molecule has 0 heterocycles. The highest BCUT2D eigenvalue weighted by Crippen LogP contribution is 2.44. The first-order valence-corrected chi connectivity index (χ1v) is 6.47. The molecule has 18 heavy (non-hydrogen) atoms. The van der Waals surface area contributed by atoms with Crippen molar-refractivity contribution in [1.82, 2.24) is 10.6 Å². The average molecular weight is 264 g/mol. The Morgan fingerprint density at radius 3 is 2.11 bits per heavy atom. The highest BCUT2D eigenvalue weighted by molar-refractivity contribution is 5.81. The van der Waals surface area contributed by atoms with E-state index >= 15 is 0 Å². The molecule has 0 aromatic rings. The summed E-state index contributed by atoms with van der Waals surface area (Å²) in [5.41, 5.74) is 0. The van der Waals surface area contributed by atoms with Crippen LogP contribution in [0.3, 0.4) is 0 Å². The standard InChI is InChI=1S/C12H19F3N2O/c1-7(11(18)16-6-12(13,14)15)17-10(8-2-3-8)9-4-5-9/h7-10,17H,2-6H2,1H3,(H,16,18). The Balaban J connectivity index is 1.75. The minimum absolute atomic E-state index is 0.316. The van der Waals surface area contributed by atoms with Crippen molar-refractivity contribution < 1.29 is 18.0 Å². The molecule has 2 aliphatic rings. The fraction of sp³-hybridized carbons (Fsp3) is 0.917. The first kappa shape index (κ1) is 13.6. The lowest BCUT2D eigenvalue weighted by Crippen LogP contribution is -2.49.